The van der Waals surface area contributed by atoms with Crippen LogP contribution in [0.3, 0.4) is 0 Å². The van der Waals surface area contributed by atoms with E-state index in [0.29, 0.717) is 13.0 Å². The largest absolute Gasteiger partial charge is 0.338 e. The number of urea groups is 1. The lowest BCUT2D eigenvalue weighted by Crippen LogP contribution is -2.61. The fourth-order valence-electron chi connectivity index (χ4n) is 5.08. The molecule has 20 heavy (non-hydrogen) atoms. The summed E-state index contributed by atoms with van der Waals surface area (Å²) in [5.74, 6) is 2.58. The number of rotatable bonds is 5. The van der Waals surface area contributed by atoms with Gasteiger partial charge in [-0.2, -0.15) is 5.26 Å². The van der Waals surface area contributed by atoms with Crippen molar-refractivity contribution in [3.8, 4) is 6.07 Å². The SMILES string of the molecule is N#CCCCCNC(=O)NC12CC3CC(CC(C3)C1)C2. The molecule has 2 amide bonds. The normalized spacial score (nSPS) is 37.5. The van der Waals surface area contributed by atoms with Gasteiger partial charge in [-0.05, 0) is 69.1 Å². The summed E-state index contributed by atoms with van der Waals surface area (Å²) < 4.78 is 0. The molecule has 0 radical (unpaired) electrons. The summed E-state index contributed by atoms with van der Waals surface area (Å²) in [5.41, 5.74) is 0.103. The highest BCUT2D eigenvalue weighted by Crippen LogP contribution is 2.55. The van der Waals surface area contributed by atoms with Gasteiger partial charge in [0.25, 0.3) is 0 Å². The zero-order valence-electron chi connectivity index (χ0n) is 12.2. The van der Waals surface area contributed by atoms with E-state index < -0.39 is 0 Å². The molecule has 4 rings (SSSR count). The summed E-state index contributed by atoms with van der Waals surface area (Å²) in [6.45, 7) is 0.680. The average Bonchev–Trinajstić information content (AvgIpc) is 2.36. The van der Waals surface area contributed by atoms with Crippen LogP contribution in [0.4, 0.5) is 4.79 Å². The average molecular weight is 275 g/mol. The van der Waals surface area contributed by atoms with E-state index in [9.17, 15) is 4.79 Å². The molecule has 4 heteroatoms. The Labute approximate surface area is 121 Å². The Kier molecular flexibility index (Phi) is 3.87. The highest BCUT2D eigenvalue weighted by atomic mass is 16.2. The third kappa shape index (κ3) is 2.92. The van der Waals surface area contributed by atoms with Crippen LogP contribution >= 0.6 is 0 Å². The van der Waals surface area contributed by atoms with Crippen LogP contribution in [0.15, 0.2) is 0 Å². The minimum absolute atomic E-state index is 0.00362. The maximum absolute atomic E-state index is 12.1. The summed E-state index contributed by atoms with van der Waals surface area (Å²) in [7, 11) is 0. The van der Waals surface area contributed by atoms with Crippen molar-refractivity contribution < 1.29 is 4.79 Å². The molecule has 110 valence electrons. The number of nitrogens with zero attached hydrogens (tertiary/aromatic N) is 1. The summed E-state index contributed by atoms with van der Waals surface area (Å²) in [6.07, 6.45) is 10.1. The number of unbranched alkanes of at least 4 members (excludes halogenated alkanes) is 2. The van der Waals surface area contributed by atoms with Crippen molar-refractivity contribution in [3.63, 3.8) is 0 Å². The topological polar surface area (TPSA) is 64.9 Å². The van der Waals surface area contributed by atoms with Crippen molar-refractivity contribution in [3.05, 3.63) is 0 Å². The van der Waals surface area contributed by atoms with E-state index in [-0.39, 0.29) is 11.6 Å². The standard InChI is InChI=1S/C16H25N3O/c17-4-2-1-3-5-18-15(20)19-16-9-12-6-13(10-16)8-14(7-12)11-16/h12-14H,1-3,5-11H2,(H2,18,19,20). The number of hydrogen-bond acceptors (Lipinski definition) is 2. The Morgan fingerprint density at radius 1 is 1.10 bits per heavy atom. The molecule has 4 aliphatic carbocycles. The second-order valence-electron chi connectivity index (χ2n) is 7.19. The van der Waals surface area contributed by atoms with Gasteiger partial charge in [-0.15, -0.1) is 0 Å². The van der Waals surface area contributed by atoms with Gasteiger partial charge in [0.15, 0.2) is 0 Å². The van der Waals surface area contributed by atoms with Gasteiger partial charge in [0.2, 0.25) is 0 Å². The number of hydrogen-bond donors (Lipinski definition) is 2. The van der Waals surface area contributed by atoms with E-state index >= 15 is 0 Å². The molecule has 0 unspecified atom stereocenters. The lowest BCUT2D eigenvalue weighted by molar-refractivity contribution is -0.0135. The molecular weight excluding hydrogens is 250 g/mol. The second-order valence-corrected chi connectivity index (χ2v) is 7.19. The summed E-state index contributed by atoms with van der Waals surface area (Å²) in [5, 5.41) is 14.7. The Hall–Kier alpha value is -1.24. The van der Waals surface area contributed by atoms with Gasteiger partial charge in [-0.3, -0.25) is 0 Å². The summed E-state index contributed by atoms with van der Waals surface area (Å²) in [4.78, 5) is 12.1. The predicted octanol–water partition coefficient (Wildman–Crippen LogP) is 2.95. The molecule has 2 N–H and O–H groups in total. The molecular formula is C16H25N3O. The number of nitriles is 1. The molecule has 0 aromatic carbocycles. The van der Waals surface area contributed by atoms with E-state index in [1.54, 1.807) is 0 Å². The van der Waals surface area contributed by atoms with Gasteiger partial charge in [0.05, 0.1) is 6.07 Å². The first-order valence-corrected chi connectivity index (χ1v) is 8.12. The van der Waals surface area contributed by atoms with E-state index in [0.717, 1.165) is 30.6 Å². The van der Waals surface area contributed by atoms with E-state index in [1.165, 1.54) is 38.5 Å². The summed E-state index contributed by atoms with van der Waals surface area (Å²) in [6, 6.07) is 2.13. The quantitative estimate of drug-likeness (QED) is 0.758. The predicted molar refractivity (Wildman–Crippen MR) is 76.9 cm³/mol. The van der Waals surface area contributed by atoms with Crippen molar-refractivity contribution in [2.24, 2.45) is 17.8 Å². The van der Waals surface area contributed by atoms with Gasteiger partial charge >= 0.3 is 6.03 Å². The molecule has 0 spiro atoms. The molecule has 0 atom stereocenters. The molecule has 0 aromatic rings. The van der Waals surface area contributed by atoms with Crippen molar-refractivity contribution >= 4 is 6.03 Å². The second kappa shape index (κ2) is 5.63. The van der Waals surface area contributed by atoms with Gasteiger partial charge in [0.1, 0.15) is 0 Å². The first-order chi connectivity index (χ1) is 9.69. The fraction of sp³-hybridized carbons (Fsp3) is 0.875. The minimum Gasteiger partial charge on any atom is -0.338 e. The third-order valence-electron chi connectivity index (χ3n) is 5.42. The minimum atomic E-state index is 0.00362. The number of carbonyl (C=O) groups is 1. The third-order valence-corrected chi connectivity index (χ3v) is 5.42. The molecule has 0 heterocycles. The van der Waals surface area contributed by atoms with Crippen molar-refractivity contribution in [1.29, 1.82) is 5.26 Å². The van der Waals surface area contributed by atoms with Crippen LogP contribution in [-0.4, -0.2) is 18.1 Å². The van der Waals surface area contributed by atoms with Crippen molar-refractivity contribution in [2.45, 2.75) is 63.3 Å². The van der Waals surface area contributed by atoms with Crippen LogP contribution < -0.4 is 10.6 Å². The Morgan fingerprint density at radius 3 is 2.25 bits per heavy atom. The monoisotopic (exact) mass is 275 g/mol. The zero-order chi connectivity index (χ0) is 14.0. The number of carbonyl (C=O) groups excluding carboxylic acids is 1. The Bertz CT molecular complexity index is 377. The van der Waals surface area contributed by atoms with Gasteiger partial charge < -0.3 is 10.6 Å². The smallest absolute Gasteiger partial charge is 0.315 e. The molecule has 0 aromatic heterocycles. The van der Waals surface area contributed by atoms with Crippen LogP contribution in [0.25, 0.3) is 0 Å². The maximum atomic E-state index is 12.1. The molecule has 0 saturated heterocycles. The van der Waals surface area contributed by atoms with Crippen molar-refractivity contribution in [2.75, 3.05) is 6.54 Å². The van der Waals surface area contributed by atoms with Gasteiger partial charge in [0, 0.05) is 18.5 Å². The summed E-state index contributed by atoms with van der Waals surface area (Å²) >= 11 is 0. The van der Waals surface area contributed by atoms with Crippen LogP contribution in [0, 0.1) is 29.1 Å². The fourth-order valence-corrected chi connectivity index (χ4v) is 5.08. The number of nitrogens with one attached hydrogen (secondary N) is 2. The molecule has 4 fully saturated rings. The van der Waals surface area contributed by atoms with Crippen LogP contribution in [0.2, 0.25) is 0 Å². The molecule has 4 saturated carbocycles. The first-order valence-electron chi connectivity index (χ1n) is 8.12. The Morgan fingerprint density at radius 2 is 1.70 bits per heavy atom. The number of amides is 2. The van der Waals surface area contributed by atoms with Crippen LogP contribution in [-0.2, 0) is 0 Å². The highest BCUT2D eigenvalue weighted by molar-refractivity contribution is 5.74. The zero-order valence-corrected chi connectivity index (χ0v) is 12.2. The Balaban J connectivity index is 1.45. The van der Waals surface area contributed by atoms with Crippen molar-refractivity contribution in [1.82, 2.24) is 10.6 Å². The maximum Gasteiger partial charge on any atom is 0.315 e. The highest BCUT2D eigenvalue weighted by Gasteiger charge is 2.51. The molecule has 0 aliphatic heterocycles. The lowest BCUT2D eigenvalue weighted by atomic mass is 9.53. The van der Waals surface area contributed by atoms with Gasteiger partial charge in [-0.25, -0.2) is 4.79 Å². The van der Waals surface area contributed by atoms with Crippen LogP contribution in [0.1, 0.15) is 57.8 Å². The van der Waals surface area contributed by atoms with E-state index in [1.807, 2.05) is 0 Å². The van der Waals surface area contributed by atoms with Crippen LogP contribution in [0.5, 0.6) is 0 Å². The van der Waals surface area contributed by atoms with E-state index in [2.05, 4.69) is 16.7 Å². The van der Waals surface area contributed by atoms with Gasteiger partial charge in [-0.1, -0.05) is 0 Å². The molecule has 4 nitrogen and oxygen atoms in total. The van der Waals surface area contributed by atoms with E-state index in [4.69, 9.17) is 5.26 Å². The first kappa shape index (κ1) is 13.7. The lowest BCUT2D eigenvalue weighted by Gasteiger charge is -2.56. The molecule has 4 bridgehead atoms. The molecule has 4 aliphatic rings.